The lowest BCUT2D eigenvalue weighted by atomic mass is 10.1. The second-order valence-corrected chi connectivity index (χ2v) is 6.44. The number of aromatic nitrogens is 3. The van der Waals surface area contributed by atoms with Crippen LogP contribution in [-0.2, 0) is 13.0 Å². The molecule has 1 N–H and O–H groups in total. The summed E-state index contributed by atoms with van der Waals surface area (Å²) in [5, 5.41) is 12.1. The Morgan fingerprint density at radius 3 is 2.64 bits per heavy atom. The van der Waals surface area contributed by atoms with Crippen molar-refractivity contribution >= 4 is 17.5 Å². The minimum absolute atomic E-state index is 0.323. The summed E-state index contributed by atoms with van der Waals surface area (Å²) in [4.78, 5) is 6.94. The Morgan fingerprint density at radius 2 is 1.80 bits per heavy atom. The maximum atomic E-state index is 4.76. The van der Waals surface area contributed by atoms with Crippen molar-refractivity contribution in [3.05, 3.63) is 71.4 Å². The van der Waals surface area contributed by atoms with Crippen molar-refractivity contribution < 1.29 is 0 Å². The van der Waals surface area contributed by atoms with Crippen LogP contribution in [0.15, 0.2) is 54.6 Å². The van der Waals surface area contributed by atoms with Crippen LogP contribution in [0.2, 0.25) is 0 Å². The molecule has 0 amide bonds. The number of aryl methyl sites for hydroxylation is 1. The number of fused-ring (bicyclic) bond motifs is 1. The van der Waals surface area contributed by atoms with Gasteiger partial charge in [-0.05, 0) is 37.5 Å². The molecule has 0 spiro atoms. The minimum atomic E-state index is 0.323. The van der Waals surface area contributed by atoms with Crippen LogP contribution in [0.5, 0.6) is 0 Å². The zero-order valence-electron chi connectivity index (χ0n) is 14.5. The highest BCUT2D eigenvalue weighted by Gasteiger charge is 2.29. The molecule has 1 aliphatic rings. The van der Waals surface area contributed by atoms with Crippen molar-refractivity contribution in [2.24, 2.45) is 0 Å². The number of hydrogen-bond acceptors (Lipinski definition) is 5. The molecular formula is C20H21N5. The molecule has 1 atom stereocenters. The van der Waals surface area contributed by atoms with Crippen LogP contribution in [0.4, 0.5) is 17.5 Å². The van der Waals surface area contributed by atoms with Crippen LogP contribution in [0.25, 0.3) is 0 Å². The number of nitrogens with one attached hydrogen (secondary N) is 1. The SMILES string of the molecule is Cc1nnc(N2c3ccccc3CC2C)nc1NCc1ccccc1. The molecule has 0 fully saturated rings. The number of rotatable bonds is 4. The van der Waals surface area contributed by atoms with E-state index >= 15 is 0 Å². The van der Waals surface area contributed by atoms with Crippen molar-refractivity contribution in [3.63, 3.8) is 0 Å². The molecule has 0 aliphatic carbocycles. The summed E-state index contributed by atoms with van der Waals surface area (Å²) in [5.41, 5.74) is 4.52. The molecule has 1 aromatic heterocycles. The number of nitrogens with zero attached hydrogens (tertiary/aromatic N) is 4. The molecule has 4 rings (SSSR count). The van der Waals surface area contributed by atoms with Gasteiger partial charge in [0.15, 0.2) is 5.82 Å². The molecule has 0 bridgehead atoms. The van der Waals surface area contributed by atoms with E-state index in [1.165, 1.54) is 16.8 Å². The molecule has 5 heteroatoms. The largest absolute Gasteiger partial charge is 0.364 e. The second kappa shape index (κ2) is 6.51. The number of para-hydroxylation sites is 1. The van der Waals surface area contributed by atoms with E-state index in [4.69, 9.17) is 4.98 Å². The van der Waals surface area contributed by atoms with Crippen LogP contribution in [0.1, 0.15) is 23.7 Å². The van der Waals surface area contributed by atoms with Gasteiger partial charge in [-0.2, -0.15) is 4.98 Å². The quantitative estimate of drug-likeness (QED) is 0.786. The van der Waals surface area contributed by atoms with Gasteiger partial charge in [-0.3, -0.25) is 0 Å². The van der Waals surface area contributed by atoms with Crippen molar-refractivity contribution in [1.82, 2.24) is 15.2 Å². The van der Waals surface area contributed by atoms with Gasteiger partial charge in [-0.25, -0.2) is 0 Å². The monoisotopic (exact) mass is 331 g/mol. The Balaban J connectivity index is 1.61. The fourth-order valence-corrected chi connectivity index (χ4v) is 3.29. The maximum absolute atomic E-state index is 4.76. The average molecular weight is 331 g/mol. The molecule has 1 unspecified atom stereocenters. The molecule has 0 saturated heterocycles. The van der Waals surface area contributed by atoms with Gasteiger partial charge in [0.1, 0.15) is 5.69 Å². The van der Waals surface area contributed by atoms with Gasteiger partial charge < -0.3 is 10.2 Å². The lowest BCUT2D eigenvalue weighted by Gasteiger charge is -2.22. The first-order chi connectivity index (χ1) is 12.2. The molecule has 126 valence electrons. The van der Waals surface area contributed by atoms with E-state index in [-0.39, 0.29) is 0 Å². The predicted molar refractivity (Wildman–Crippen MR) is 100 cm³/mol. The van der Waals surface area contributed by atoms with Gasteiger partial charge in [-0.15, -0.1) is 10.2 Å². The van der Waals surface area contributed by atoms with Crippen LogP contribution < -0.4 is 10.2 Å². The van der Waals surface area contributed by atoms with Crippen LogP contribution in [0.3, 0.4) is 0 Å². The third-order valence-corrected chi connectivity index (χ3v) is 4.57. The first-order valence-corrected chi connectivity index (χ1v) is 8.58. The summed E-state index contributed by atoms with van der Waals surface area (Å²) < 4.78 is 0. The van der Waals surface area contributed by atoms with Crippen molar-refractivity contribution in [2.75, 3.05) is 10.2 Å². The molecule has 2 heterocycles. The fraction of sp³-hybridized carbons (Fsp3) is 0.250. The Morgan fingerprint density at radius 1 is 1.04 bits per heavy atom. The number of benzene rings is 2. The van der Waals surface area contributed by atoms with E-state index in [9.17, 15) is 0 Å². The standard InChI is InChI=1S/C20H21N5/c1-14-12-17-10-6-7-11-18(17)25(14)20-22-19(15(2)23-24-20)21-13-16-8-4-3-5-9-16/h3-11,14H,12-13H2,1-2H3,(H,21,22,24). The summed E-state index contributed by atoms with van der Waals surface area (Å²) in [6, 6.07) is 19.0. The Kier molecular flexibility index (Phi) is 4.06. The third-order valence-electron chi connectivity index (χ3n) is 4.57. The summed E-state index contributed by atoms with van der Waals surface area (Å²) >= 11 is 0. The zero-order valence-corrected chi connectivity index (χ0v) is 14.5. The third kappa shape index (κ3) is 3.05. The van der Waals surface area contributed by atoms with E-state index in [1.54, 1.807) is 0 Å². The van der Waals surface area contributed by atoms with Crippen LogP contribution in [-0.4, -0.2) is 21.2 Å². The van der Waals surface area contributed by atoms with Crippen LogP contribution >= 0.6 is 0 Å². The Labute approximate surface area is 147 Å². The van der Waals surface area contributed by atoms with Gasteiger partial charge in [-0.1, -0.05) is 48.5 Å². The summed E-state index contributed by atoms with van der Waals surface area (Å²) in [6.07, 6.45) is 1.00. The molecule has 5 nitrogen and oxygen atoms in total. The molecule has 25 heavy (non-hydrogen) atoms. The second-order valence-electron chi connectivity index (χ2n) is 6.44. The average Bonchev–Trinajstić information content (AvgIpc) is 2.98. The first kappa shape index (κ1) is 15.6. The zero-order chi connectivity index (χ0) is 17.2. The van der Waals surface area contributed by atoms with Gasteiger partial charge in [0.05, 0.1) is 0 Å². The summed E-state index contributed by atoms with van der Waals surface area (Å²) in [7, 11) is 0. The highest BCUT2D eigenvalue weighted by atomic mass is 15.4. The maximum Gasteiger partial charge on any atom is 0.252 e. The van der Waals surface area contributed by atoms with Gasteiger partial charge in [0, 0.05) is 18.3 Å². The molecule has 0 saturated carbocycles. The summed E-state index contributed by atoms with van der Waals surface area (Å²) in [6.45, 7) is 4.84. The first-order valence-electron chi connectivity index (χ1n) is 8.58. The van der Waals surface area contributed by atoms with Crippen molar-refractivity contribution in [1.29, 1.82) is 0 Å². The predicted octanol–water partition coefficient (Wildman–Crippen LogP) is 3.87. The molecule has 2 aromatic carbocycles. The van der Waals surface area contributed by atoms with E-state index < -0.39 is 0 Å². The lowest BCUT2D eigenvalue weighted by molar-refractivity contribution is 0.727. The van der Waals surface area contributed by atoms with Gasteiger partial charge in [0.25, 0.3) is 5.95 Å². The van der Waals surface area contributed by atoms with Crippen LogP contribution in [0, 0.1) is 6.92 Å². The Bertz CT molecular complexity index is 878. The molecule has 1 aliphatic heterocycles. The number of anilines is 3. The normalized spacial score (nSPS) is 15.9. The Hall–Kier alpha value is -2.95. The minimum Gasteiger partial charge on any atom is -0.364 e. The smallest absolute Gasteiger partial charge is 0.252 e. The van der Waals surface area contributed by atoms with E-state index in [1.807, 2.05) is 25.1 Å². The topological polar surface area (TPSA) is 53.9 Å². The molecular weight excluding hydrogens is 310 g/mol. The highest BCUT2D eigenvalue weighted by molar-refractivity contribution is 5.67. The van der Waals surface area contributed by atoms with E-state index in [0.29, 0.717) is 18.5 Å². The van der Waals surface area contributed by atoms with Gasteiger partial charge in [0.2, 0.25) is 0 Å². The highest BCUT2D eigenvalue weighted by Crippen LogP contribution is 2.36. The van der Waals surface area contributed by atoms with E-state index in [0.717, 1.165) is 17.9 Å². The number of hydrogen-bond donors (Lipinski definition) is 1. The molecule has 3 aromatic rings. The van der Waals surface area contributed by atoms with Gasteiger partial charge >= 0.3 is 0 Å². The van der Waals surface area contributed by atoms with Crippen molar-refractivity contribution in [2.45, 2.75) is 32.9 Å². The molecule has 0 radical (unpaired) electrons. The lowest BCUT2D eigenvalue weighted by Crippen LogP contribution is -2.26. The van der Waals surface area contributed by atoms with E-state index in [2.05, 4.69) is 63.7 Å². The van der Waals surface area contributed by atoms with Crippen molar-refractivity contribution in [3.8, 4) is 0 Å². The fourth-order valence-electron chi connectivity index (χ4n) is 3.29. The summed E-state index contributed by atoms with van der Waals surface area (Å²) in [5.74, 6) is 1.43.